The highest BCUT2D eigenvalue weighted by Crippen LogP contribution is 2.28. The zero-order valence-electron chi connectivity index (χ0n) is 8.23. The Bertz CT molecular complexity index is 312. The molecule has 1 aromatic rings. The van der Waals surface area contributed by atoms with Gasteiger partial charge in [0.1, 0.15) is 11.6 Å². The van der Waals surface area contributed by atoms with Crippen molar-refractivity contribution in [2.45, 2.75) is 31.0 Å². The third-order valence-electron chi connectivity index (χ3n) is 2.39. The molecule has 1 aromatic carbocycles. The van der Waals surface area contributed by atoms with Gasteiger partial charge in [-0.15, -0.1) is 0 Å². The minimum absolute atomic E-state index is 0.0561. The summed E-state index contributed by atoms with van der Waals surface area (Å²) >= 11 is 3.47. The predicted octanol–water partition coefficient (Wildman–Crippen LogP) is 4.24. The molecule has 0 N–H and O–H groups in total. The Kier molecular flexibility index (Phi) is 4.05. The second-order valence-corrected chi connectivity index (χ2v) is 4.55. The third-order valence-corrected chi connectivity index (χ3v) is 3.83. The summed E-state index contributed by atoms with van der Waals surface area (Å²) < 4.78 is 26.0. The Labute approximate surface area is 91.5 Å². The van der Waals surface area contributed by atoms with E-state index in [0.717, 1.165) is 12.5 Å². The van der Waals surface area contributed by atoms with Gasteiger partial charge in [0.2, 0.25) is 0 Å². The fraction of sp³-hybridized carbons (Fsp3) is 0.455. The van der Waals surface area contributed by atoms with E-state index < -0.39 is 11.6 Å². The molecule has 2 atom stereocenters. The molecular formula is C11H13BrF2. The van der Waals surface area contributed by atoms with Crippen LogP contribution in [-0.4, -0.2) is 4.83 Å². The van der Waals surface area contributed by atoms with Crippen molar-refractivity contribution in [3.8, 4) is 0 Å². The highest BCUT2D eigenvalue weighted by molar-refractivity contribution is 9.09. The molecule has 0 fully saturated rings. The predicted molar refractivity (Wildman–Crippen MR) is 57.8 cm³/mol. The van der Waals surface area contributed by atoms with Crippen LogP contribution in [0.1, 0.15) is 31.7 Å². The maximum absolute atomic E-state index is 13.3. The number of hydrogen-bond donors (Lipinski definition) is 0. The SMILES string of the molecule is CCC(Br)C(C)c1ccc(F)cc1F. The smallest absolute Gasteiger partial charge is 0.129 e. The Morgan fingerprint density at radius 2 is 2.00 bits per heavy atom. The molecule has 3 heteroatoms. The van der Waals surface area contributed by atoms with Crippen molar-refractivity contribution in [3.63, 3.8) is 0 Å². The van der Waals surface area contributed by atoms with Crippen molar-refractivity contribution in [1.29, 1.82) is 0 Å². The van der Waals surface area contributed by atoms with Gasteiger partial charge in [0.15, 0.2) is 0 Å². The first-order chi connectivity index (χ1) is 6.56. The van der Waals surface area contributed by atoms with Gasteiger partial charge >= 0.3 is 0 Å². The fourth-order valence-corrected chi connectivity index (χ4v) is 1.70. The first-order valence-corrected chi connectivity index (χ1v) is 5.56. The summed E-state index contributed by atoms with van der Waals surface area (Å²) in [5, 5.41) is 0. The first-order valence-electron chi connectivity index (χ1n) is 4.65. The lowest BCUT2D eigenvalue weighted by Crippen LogP contribution is -2.09. The van der Waals surface area contributed by atoms with E-state index in [1.807, 2.05) is 13.8 Å². The summed E-state index contributed by atoms with van der Waals surface area (Å²) in [6, 6.07) is 3.74. The third kappa shape index (κ3) is 2.53. The molecule has 0 aliphatic rings. The molecule has 0 aliphatic heterocycles. The van der Waals surface area contributed by atoms with Gasteiger partial charge in [-0.2, -0.15) is 0 Å². The van der Waals surface area contributed by atoms with Crippen molar-refractivity contribution >= 4 is 15.9 Å². The van der Waals surface area contributed by atoms with E-state index in [2.05, 4.69) is 15.9 Å². The Morgan fingerprint density at radius 3 is 2.50 bits per heavy atom. The van der Waals surface area contributed by atoms with E-state index in [0.29, 0.717) is 5.56 Å². The standard InChI is InChI=1S/C11H13BrF2/c1-3-10(12)7(2)9-5-4-8(13)6-11(9)14/h4-7,10H,3H2,1-2H3. The van der Waals surface area contributed by atoms with Crippen LogP contribution in [0.4, 0.5) is 8.78 Å². The highest BCUT2D eigenvalue weighted by atomic mass is 79.9. The molecule has 0 saturated heterocycles. The van der Waals surface area contributed by atoms with E-state index in [9.17, 15) is 8.78 Å². The summed E-state index contributed by atoms with van der Waals surface area (Å²) in [6.07, 6.45) is 0.915. The van der Waals surface area contributed by atoms with Crippen LogP contribution < -0.4 is 0 Å². The lowest BCUT2D eigenvalue weighted by molar-refractivity contribution is 0.553. The Balaban J connectivity index is 2.95. The minimum Gasteiger partial charge on any atom is -0.207 e. The van der Waals surface area contributed by atoms with Crippen molar-refractivity contribution in [2.75, 3.05) is 0 Å². The molecule has 0 bridgehead atoms. The molecule has 0 nitrogen and oxygen atoms in total. The molecular weight excluding hydrogens is 250 g/mol. The molecule has 0 aromatic heterocycles. The van der Waals surface area contributed by atoms with Gasteiger partial charge in [0.05, 0.1) is 0 Å². The monoisotopic (exact) mass is 262 g/mol. The van der Waals surface area contributed by atoms with Crippen LogP contribution in [0.5, 0.6) is 0 Å². The van der Waals surface area contributed by atoms with Crippen LogP contribution in [0.3, 0.4) is 0 Å². The lowest BCUT2D eigenvalue weighted by Gasteiger charge is -2.17. The van der Waals surface area contributed by atoms with E-state index in [1.54, 1.807) is 0 Å². The summed E-state index contributed by atoms with van der Waals surface area (Å²) in [4.78, 5) is 0.225. The zero-order chi connectivity index (χ0) is 10.7. The summed E-state index contributed by atoms with van der Waals surface area (Å²) in [6.45, 7) is 3.95. The minimum atomic E-state index is -0.527. The second-order valence-electron chi connectivity index (χ2n) is 3.38. The molecule has 0 heterocycles. The number of alkyl halides is 1. The topological polar surface area (TPSA) is 0 Å². The van der Waals surface area contributed by atoms with Crippen LogP contribution in [0, 0.1) is 11.6 Å². The largest absolute Gasteiger partial charge is 0.207 e. The van der Waals surface area contributed by atoms with Crippen molar-refractivity contribution < 1.29 is 8.78 Å². The molecule has 78 valence electrons. The van der Waals surface area contributed by atoms with Gasteiger partial charge in [0.25, 0.3) is 0 Å². The van der Waals surface area contributed by atoms with Crippen LogP contribution in [0.15, 0.2) is 18.2 Å². The molecule has 0 radical (unpaired) electrons. The summed E-state index contributed by atoms with van der Waals surface area (Å²) in [7, 11) is 0. The summed E-state index contributed by atoms with van der Waals surface area (Å²) in [5.41, 5.74) is 0.565. The first kappa shape index (κ1) is 11.6. The lowest BCUT2D eigenvalue weighted by atomic mass is 9.96. The Hall–Kier alpha value is -0.440. The molecule has 14 heavy (non-hydrogen) atoms. The van der Waals surface area contributed by atoms with E-state index in [4.69, 9.17) is 0 Å². The number of hydrogen-bond acceptors (Lipinski definition) is 0. The van der Waals surface area contributed by atoms with Gasteiger partial charge in [-0.05, 0) is 24.0 Å². The average Bonchev–Trinajstić information content (AvgIpc) is 2.15. The quantitative estimate of drug-likeness (QED) is 0.715. The maximum atomic E-state index is 13.3. The number of benzene rings is 1. The van der Waals surface area contributed by atoms with Gasteiger partial charge in [-0.1, -0.05) is 35.8 Å². The van der Waals surface area contributed by atoms with Crippen molar-refractivity contribution in [3.05, 3.63) is 35.4 Å². The van der Waals surface area contributed by atoms with Crippen LogP contribution in [0.2, 0.25) is 0 Å². The van der Waals surface area contributed by atoms with Gasteiger partial charge in [0, 0.05) is 10.9 Å². The molecule has 0 amide bonds. The van der Waals surface area contributed by atoms with Crippen LogP contribution in [0.25, 0.3) is 0 Å². The molecule has 2 unspecified atom stereocenters. The zero-order valence-corrected chi connectivity index (χ0v) is 9.81. The highest BCUT2D eigenvalue weighted by Gasteiger charge is 2.17. The normalized spacial score (nSPS) is 15.2. The van der Waals surface area contributed by atoms with Gasteiger partial charge in [-0.3, -0.25) is 0 Å². The average molecular weight is 263 g/mol. The van der Waals surface area contributed by atoms with Crippen LogP contribution >= 0.6 is 15.9 Å². The molecule has 1 rings (SSSR count). The van der Waals surface area contributed by atoms with Gasteiger partial charge in [-0.25, -0.2) is 8.78 Å². The van der Waals surface area contributed by atoms with E-state index >= 15 is 0 Å². The Morgan fingerprint density at radius 1 is 1.36 bits per heavy atom. The molecule has 0 spiro atoms. The number of halogens is 3. The van der Waals surface area contributed by atoms with E-state index in [-0.39, 0.29) is 10.7 Å². The molecule has 0 aliphatic carbocycles. The number of rotatable bonds is 3. The second kappa shape index (κ2) is 4.87. The maximum Gasteiger partial charge on any atom is 0.129 e. The van der Waals surface area contributed by atoms with Crippen LogP contribution in [-0.2, 0) is 0 Å². The van der Waals surface area contributed by atoms with Crippen molar-refractivity contribution in [2.24, 2.45) is 0 Å². The van der Waals surface area contributed by atoms with Gasteiger partial charge < -0.3 is 0 Å². The summed E-state index contributed by atoms with van der Waals surface area (Å²) in [5.74, 6) is -0.933. The van der Waals surface area contributed by atoms with E-state index in [1.165, 1.54) is 12.1 Å². The van der Waals surface area contributed by atoms with Crippen molar-refractivity contribution in [1.82, 2.24) is 0 Å². The fourth-order valence-electron chi connectivity index (χ4n) is 1.42. The molecule has 0 saturated carbocycles.